The number of nitrogens with zero attached hydrogens (tertiary/aromatic N) is 2. The Bertz CT molecular complexity index is 2460. The van der Waals surface area contributed by atoms with Gasteiger partial charge in [-0.1, -0.05) is 97.1 Å². The largest absolute Gasteiger partial charge is 0.331 e. The molecule has 2 amide bonds. The number of amides is 2. The molecule has 0 fully saturated rings. The van der Waals surface area contributed by atoms with E-state index in [0.29, 0.717) is 0 Å². The van der Waals surface area contributed by atoms with Crippen LogP contribution in [0.1, 0.15) is 31.8 Å². The third-order valence-corrected chi connectivity index (χ3v) is 9.58. The standard InChI is InChI=1S/C42H28N4O4/c47-37(23-45-33-19-5-1-11-25(33)26-12-2-6-20-34(26)45)43-31-17-9-15-29-39(31)41(49)30-16-10-18-32(40(30)42(29)50)44-38(48)24-46-35-21-7-3-13-27(35)28-14-4-8-22-36(28)46/h1-22H,23-24H2,(H,43,47)(H,44,48). The number of carbonyl (C=O) groups is 4. The lowest BCUT2D eigenvalue weighted by molar-refractivity contribution is -0.117. The number of carbonyl (C=O) groups excluding carboxylic acids is 4. The van der Waals surface area contributed by atoms with Gasteiger partial charge in [0, 0.05) is 54.7 Å². The van der Waals surface area contributed by atoms with Crippen molar-refractivity contribution in [3.05, 3.63) is 156 Å². The quantitative estimate of drug-likeness (QED) is 0.190. The summed E-state index contributed by atoms with van der Waals surface area (Å²) in [6, 6.07) is 41.4. The molecule has 9 rings (SSSR count). The van der Waals surface area contributed by atoms with Crippen LogP contribution in [0, 0.1) is 0 Å². The molecule has 0 unspecified atom stereocenters. The normalized spacial score (nSPS) is 12.4. The number of rotatable bonds is 6. The summed E-state index contributed by atoms with van der Waals surface area (Å²) in [5, 5.41) is 10.0. The average molecular weight is 653 g/mol. The number of aromatic nitrogens is 2. The van der Waals surface area contributed by atoms with E-state index < -0.39 is 11.6 Å². The molecule has 0 saturated carbocycles. The van der Waals surface area contributed by atoms with E-state index in [9.17, 15) is 19.2 Å². The second-order valence-electron chi connectivity index (χ2n) is 12.5. The highest BCUT2D eigenvalue weighted by Gasteiger charge is 2.34. The molecule has 8 nitrogen and oxygen atoms in total. The van der Waals surface area contributed by atoms with Crippen LogP contribution in [0.5, 0.6) is 0 Å². The first-order valence-electron chi connectivity index (χ1n) is 16.3. The maximum atomic E-state index is 14.1. The summed E-state index contributed by atoms with van der Waals surface area (Å²) in [5.74, 6) is -1.47. The Kier molecular flexibility index (Phi) is 6.70. The van der Waals surface area contributed by atoms with Crippen LogP contribution >= 0.6 is 0 Å². The van der Waals surface area contributed by atoms with Gasteiger partial charge in [0.1, 0.15) is 13.1 Å². The van der Waals surface area contributed by atoms with Gasteiger partial charge in [0.15, 0.2) is 11.6 Å². The molecule has 240 valence electrons. The first kappa shape index (κ1) is 29.3. The molecule has 2 heterocycles. The van der Waals surface area contributed by atoms with Gasteiger partial charge >= 0.3 is 0 Å². The summed E-state index contributed by atoms with van der Waals surface area (Å²) in [4.78, 5) is 55.3. The fourth-order valence-corrected chi connectivity index (χ4v) is 7.46. The van der Waals surface area contributed by atoms with Crippen molar-refractivity contribution in [2.24, 2.45) is 0 Å². The van der Waals surface area contributed by atoms with Crippen LogP contribution < -0.4 is 10.6 Å². The van der Waals surface area contributed by atoms with E-state index in [0.717, 1.165) is 43.6 Å². The van der Waals surface area contributed by atoms with Crippen LogP contribution in [-0.4, -0.2) is 32.5 Å². The van der Waals surface area contributed by atoms with E-state index in [1.807, 2.05) is 106 Å². The molecular weight excluding hydrogens is 624 g/mol. The minimum absolute atomic E-state index is 0.0125. The smallest absolute Gasteiger partial charge is 0.244 e. The summed E-state index contributed by atoms with van der Waals surface area (Å²) in [7, 11) is 0. The SMILES string of the molecule is O=C(Cn1c2ccccc2c2ccccc21)Nc1cccc2c1C(=O)c1cccc(NC(=O)Cn3c4ccccc4c4ccccc43)c1C2=O. The molecule has 8 aromatic rings. The van der Waals surface area contributed by atoms with Gasteiger partial charge in [0.25, 0.3) is 0 Å². The van der Waals surface area contributed by atoms with Gasteiger partial charge in [0.2, 0.25) is 11.8 Å². The van der Waals surface area contributed by atoms with E-state index in [1.54, 1.807) is 36.4 Å². The fraction of sp³-hybridized carbons (Fsp3) is 0.0476. The molecule has 0 saturated heterocycles. The maximum absolute atomic E-state index is 14.1. The topological polar surface area (TPSA) is 102 Å². The van der Waals surface area contributed by atoms with E-state index in [4.69, 9.17) is 0 Å². The van der Waals surface area contributed by atoms with Crippen molar-refractivity contribution in [1.82, 2.24) is 9.13 Å². The third kappa shape index (κ3) is 4.53. The summed E-state index contributed by atoms with van der Waals surface area (Å²) in [6.07, 6.45) is 0. The van der Waals surface area contributed by atoms with Crippen LogP contribution in [0.4, 0.5) is 11.4 Å². The number of para-hydroxylation sites is 4. The first-order valence-corrected chi connectivity index (χ1v) is 16.3. The Labute approximate surface area is 285 Å². The molecule has 0 spiro atoms. The minimum atomic E-state index is -0.402. The molecule has 0 bridgehead atoms. The number of nitrogens with one attached hydrogen (secondary N) is 2. The molecule has 0 aliphatic heterocycles. The van der Waals surface area contributed by atoms with Crippen LogP contribution in [0.25, 0.3) is 43.6 Å². The van der Waals surface area contributed by atoms with E-state index in [-0.39, 0.29) is 58.5 Å². The highest BCUT2D eigenvalue weighted by Crippen LogP contribution is 2.36. The van der Waals surface area contributed by atoms with E-state index in [1.165, 1.54) is 0 Å². The predicted molar refractivity (Wildman–Crippen MR) is 196 cm³/mol. The zero-order valence-corrected chi connectivity index (χ0v) is 26.6. The lowest BCUT2D eigenvalue weighted by Crippen LogP contribution is -2.27. The van der Waals surface area contributed by atoms with E-state index in [2.05, 4.69) is 10.6 Å². The van der Waals surface area contributed by atoms with E-state index >= 15 is 0 Å². The zero-order chi connectivity index (χ0) is 33.9. The van der Waals surface area contributed by atoms with Gasteiger partial charge < -0.3 is 19.8 Å². The first-order chi connectivity index (χ1) is 24.5. The summed E-state index contributed by atoms with van der Waals surface area (Å²) in [6.45, 7) is 0.0249. The van der Waals surface area contributed by atoms with Crippen molar-refractivity contribution in [2.75, 3.05) is 10.6 Å². The molecule has 1 aliphatic rings. The van der Waals surface area contributed by atoms with Gasteiger partial charge in [-0.05, 0) is 36.4 Å². The second kappa shape index (κ2) is 11.4. The number of fused-ring (bicyclic) bond motifs is 8. The summed E-state index contributed by atoms with van der Waals surface area (Å²) >= 11 is 0. The van der Waals surface area contributed by atoms with Gasteiger partial charge in [0.05, 0.1) is 22.5 Å². The molecule has 6 aromatic carbocycles. The minimum Gasteiger partial charge on any atom is -0.331 e. The molecular formula is C42H28N4O4. The van der Waals surface area contributed by atoms with Crippen molar-refractivity contribution in [2.45, 2.75) is 13.1 Å². The van der Waals surface area contributed by atoms with Gasteiger partial charge in [-0.15, -0.1) is 0 Å². The zero-order valence-electron chi connectivity index (χ0n) is 26.6. The highest BCUT2D eigenvalue weighted by atomic mass is 16.2. The van der Waals surface area contributed by atoms with Crippen LogP contribution in [-0.2, 0) is 22.7 Å². The molecule has 2 aromatic heterocycles. The van der Waals surface area contributed by atoms with Crippen LogP contribution in [0.2, 0.25) is 0 Å². The third-order valence-electron chi connectivity index (χ3n) is 9.58. The molecule has 2 N–H and O–H groups in total. The second-order valence-corrected chi connectivity index (χ2v) is 12.5. The van der Waals surface area contributed by atoms with Crippen molar-refractivity contribution in [3.8, 4) is 0 Å². The van der Waals surface area contributed by atoms with Gasteiger partial charge in [-0.3, -0.25) is 19.2 Å². The lowest BCUT2D eigenvalue weighted by Gasteiger charge is -2.23. The molecule has 0 radical (unpaired) electrons. The Morgan fingerprint density at radius 3 is 1.08 bits per heavy atom. The van der Waals surface area contributed by atoms with Crippen LogP contribution in [0.3, 0.4) is 0 Å². The molecule has 0 atom stereocenters. The Hall–Kier alpha value is -6.80. The molecule has 1 aliphatic carbocycles. The number of hydrogen-bond donors (Lipinski definition) is 2. The van der Waals surface area contributed by atoms with Crippen molar-refractivity contribution in [3.63, 3.8) is 0 Å². The number of anilines is 2. The Morgan fingerprint density at radius 1 is 0.420 bits per heavy atom. The van der Waals surface area contributed by atoms with Crippen molar-refractivity contribution in [1.29, 1.82) is 0 Å². The lowest BCUT2D eigenvalue weighted by atomic mass is 9.82. The maximum Gasteiger partial charge on any atom is 0.244 e. The van der Waals surface area contributed by atoms with Gasteiger partial charge in [-0.2, -0.15) is 0 Å². The average Bonchev–Trinajstić information content (AvgIpc) is 3.63. The summed E-state index contributed by atoms with van der Waals surface area (Å²) < 4.78 is 3.90. The number of ketones is 2. The monoisotopic (exact) mass is 652 g/mol. The molecule has 8 heteroatoms. The molecule has 50 heavy (non-hydrogen) atoms. The van der Waals surface area contributed by atoms with Gasteiger partial charge in [-0.25, -0.2) is 0 Å². The van der Waals surface area contributed by atoms with Crippen molar-refractivity contribution >= 4 is 78.4 Å². The Morgan fingerprint density at radius 2 is 0.740 bits per heavy atom. The van der Waals surface area contributed by atoms with Crippen molar-refractivity contribution < 1.29 is 19.2 Å². The fourth-order valence-electron chi connectivity index (χ4n) is 7.46. The Balaban J connectivity index is 1.01. The number of benzene rings is 6. The summed E-state index contributed by atoms with van der Waals surface area (Å²) in [5.41, 5.74) is 4.82. The van der Waals surface area contributed by atoms with Crippen LogP contribution in [0.15, 0.2) is 133 Å². The highest BCUT2D eigenvalue weighted by molar-refractivity contribution is 6.32. The number of hydrogen-bond acceptors (Lipinski definition) is 4. The predicted octanol–water partition coefficient (Wildman–Crippen LogP) is 7.96.